The Morgan fingerprint density at radius 1 is 0.683 bits per heavy atom. The molecule has 41 heavy (non-hydrogen) atoms. The van der Waals surface area contributed by atoms with E-state index in [1.165, 1.54) is 12.1 Å². The van der Waals surface area contributed by atoms with Crippen LogP contribution >= 0.6 is 0 Å². The minimum Gasteiger partial charge on any atom is -0.483 e. The largest absolute Gasteiger partial charge is 0.483 e. The molecule has 0 saturated heterocycles. The number of fused-ring (bicyclic) bond motifs is 8. The van der Waals surface area contributed by atoms with Crippen LogP contribution in [0.15, 0.2) is 103 Å². The Bertz CT molecular complexity index is 1860. The highest BCUT2D eigenvalue weighted by molar-refractivity contribution is 5.86. The van der Waals surface area contributed by atoms with Crippen LogP contribution in [-0.2, 0) is 25.7 Å². The van der Waals surface area contributed by atoms with Gasteiger partial charge >= 0.3 is 0 Å². The lowest BCUT2D eigenvalue weighted by Gasteiger charge is -2.43. The molecule has 0 radical (unpaired) electrons. The molecular formula is C34H28O7. The predicted octanol–water partition coefficient (Wildman–Crippen LogP) is 4.62. The number of hydrogen-bond donors (Lipinski definition) is 2. The number of hydrogen-bond acceptors (Lipinski definition) is 7. The zero-order valence-electron chi connectivity index (χ0n) is 22.2. The van der Waals surface area contributed by atoms with Crippen LogP contribution in [0.4, 0.5) is 0 Å². The molecule has 7 nitrogen and oxygen atoms in total. The quantitative estimate of drug-likeness (QED) is 0.319. The van der Waals surface area contributed by atoms with Gasteiger partial charge < -0.3 is 23.8 Å². The molecule has 0 unspecified atom stereocenters. The van der Waals surface area contributed by atoms with Crippen molar-refractivity contribution in [1.29, 1.82) is 0 Å². The van der Waals surface area contributed by atoms with Crippen LogP contribution in [0.5, 0.6) is 5.75 Å². The molecule has 0 saturated carbocycles. The van der Waals surface area contributed by atoms with Gasteiger partial charge in [-0.1, -0.05) is 66.7 Å². The van der Waals surface area contributed by atoms with E-state index in [2.05, 4.69) is 0 Å². The highest BCUT2D eigenvalue weighted by atomic mass is 16.5. The molecule has 2 N–H and O–H groups in total. The molecule has 7 rings (SSSR count). The van der Waals surface area contributed by atoms with Crippen molar-refractivity contribution in [3.05, 3.63) is 145 Å². The molecule has 3 heterocycles. The fourth-order valence-electron chi connectivity index (χ4n) is 6.13. The van der Waals surface area contributed by atoms with Gasteiger partial charge in [-0.3, -0.25) is 9.59 Å². The summed E-state index contributed by atoms with van der Waals surface area (Å²) in [6.07, 6.45) is -1.28. The summed E-state index contributed by atoms with van der Waals surface area (Å²) in [6, 6.07) is 26.1. The van der Waals surface area contributed by atoms with Crippen LogP contribution in [0.3, 0.4) is 0 Å². The van der Waals surface area contributed by atoms with Gasteiger partial charge in [-0.25, -0.2) is 0 Å². The second-order valence-corrected chi connectivity index (χ2v) is 10.8. The number of aliphatic hydroxyl groups excluding tert-OH is 2. The van der Waals surface area contributed by atoms with Gasteiger partial charge in [-0.15, -0.1) is 0 Å². The molecule has 1 aliphatic heterocycles. The summed E-state index contributed by atoms with van der Waals surface area (Å²) in [5.41, 5.74) is 2.67. The SMILES string of the molecule is O=c1cc(CCc2ccccc2)oc2c1[C@@H]1c3ccc4oc(CCc5ccccc5)cc(=O)c4c3O[C@@H]([C@@H]1O)[C@H]2O. The lowest BCUT2D eigenvalue weighted by atomic mass is 9.74. The van der Waals surface area contributed by atoms with Gasteiger partial charge in [0.2, 0.25) is 0 Å². The summed E-state index contributed by atoms with van der Waals surface area (Å²) in [5, 5.41) is 22.7. The van der Waals surface area contributed by atoms with E-state index < -0.39 is 24.2 Å². The average molecular weight is 549 g/mol. The second-order valence-electron chi connectivity index (χ2n) is 10.8. The lowest BCUT2D eigenvalue weighted by Crippen LogP contribution is -2.50. The standard InChI is InChI=1S/C34H28O7/c35-24-17-21(13-11-19-7-3-1-4-8-19)39-26-16-15-23-27-29-25(36)18-22(14-12-20-9-5-2-6-10-20)40-33(29)31(38)34(30(27)37)41-32(23)28(24)26/h1-10,15-18,27,30-31,34,37-38H,11-14H2/t27-,30+,31-,34-/m0/s1. The van der Waals surface area contributed by atoms with E-state index in [0.717, 1.165) is 17.5 Å². The van der Waals surface area contributed by atoms with E-state index in [9.17, 15) is 19.8 Å². The van der Waals surface area contributed by atoms with Gasteiger partial charge in [0, 0.05) is 36.5 Å². The smallest absolute Gasteiger partial charge is 0.196 e. The number of benzene rings is 3. The molecule has 7 heteroatoms. The summed E-state index contributed by atoms with van der Waals surface area (Å²) in [7, 11) is 0. The molecule has 5 aromatic rings. The number of aliphatic hydroxyl groups is 2. The Balaban J connectivity index is 1.26. The fraction of sp³-hybridized carbons (Fsp3) is 0.235. The van der Waals surface area contributed by atoms with Crippen molar-refractivity contribution in [3.63, 3.8) is 0 Å². The van der Waals surface area contributed by atoms with Crippen LogP contribution in [0.25, 0.3) is 11.0 Å². The van der Waals surface area contributed by atoms with Crippen LogP contribution in [0, 0.1) is 0 Å². The average Bonchev–Trinajstić information content (AvgIpc) is 2.98. The third kappa shape index (κ3) is 4.47. The highest BCUT2D eigenvalue weighted by Crippen LogP contribution is 2.50. The number of aryl methyl sites for hydroxylation is 4. The number of ether oxygens (including phenoxy) is 1. The minimum absolute atomic E-state index is 0.106. The minimum atomic E-state index is -1.39. The van der Waals surface area contributed by atoms with Gasteiger partial charge in [0.05, 0.1) is 5.56 Å². The van der Waals surface area contributed by atoms with Crippen LogP contribution in [-0.4, -0.2) is 22.4 Å². The van der Waals surface area contributed by atoms with E-state index in [-0.39, 0.29) is 33.3 Å². The van der Waals surface area contributed by atoms with Crippen LogP contribution in [0.2, 0.25) is 0 Å². The molecular weight excluding hydrogens is 520 g/mol. The van der Waals surface area contributed by atoms with E-state index in [4.69, 9.17) is 13.6 Å². The molecule has 0 amide bonds. The van der Waals surface area contributed by atoms with Crippen molar-refractivity contribution in [2.45, 2.75) is 49.9 Å². The third-order valence-corrected chi connectivity index (χ3v) is 8.16. The van der Waals surface area contributed by atoms with Crippen molar-refractivity contribution in [1.82, 2.24) is 0 Å². The van der Waals surface area contributed by atoms with Crippen molar-refractivity contribution >= 4 is 11.0 Å². The topological polar surface area (TPSA) is 110 Å². The lowest BCUT2D eigenvalue weighted by molar-refractivity contribution is -0.0818. The molecule has 0 spiro atoms. The Hall–Kier alpha value is -4.46. The molecule has 4 atom stereocenters. The van der Waals surface area contributed by atoms with Crippen molar-refractivity contribution in [2.75, 3.05) is 0 Å². The second kappa shape index (κ2) is 10.2. The maximum Gasteiger partial charge on any atom is 0.196 e. The monoisotopic (exact) mass is 548 g/mol. The maximum absolute atomic E-state index is 13.5. The summed E-state index contributed by atoms with van der Waals surface area (Å²) in [4.78, 5) is 26.8. The zero-order chi connectivity index (χ0) is 28.1. The van der Waals surface area contributed by atoms with Crippen molar-refractivity contribution in [3.8, 4) is 5.75 Å². The van der Waals surface area contributed by atoms with Gasteiger partial charge in [-0.05, 0) is 30.0 Å². The van der Waals surface area contributed by atoms with Crippen molar-refractivity contribution < 1.29 is 23.8 Å². The summed E-state index contributed by atoms with van der Waals surface area (Å²) in [6.45, 7) is 0. The molecule has 206 valence electrons. The fourth-order valence-corrected chi connectivity index (χ4v) is 6.13. The zero-order valence-corrected chi connectivity index (χ0v) is 22.2. The molecule has 3 aromatic carbocycles. The molecule has 2 aromatic heterocycles. The summed E-state index contributed by atoms with van der Waals surface area (Å²) in [5.74, 6) is 0.520. The molecule has 1 aliphatic carbocycles. The molecule has 2 aliphatic rings. The predicted molar refractivity (Wildman–Crippen MR) is 152 cm³/mol. The molecule has 2 bridgehead atoms. The Labute approximate surface area is 235 Å². The van der Waals surface area contributed by atoms with Crippen molar-refractivity contribution in [2.24, 2.45) is 0 Å². The Morgan fingerprint density at radius 3 is 1.95 bits per heavy atom. The first-order chi connectivity index (χ1) is 20.0. The highest BCUT2D eigenvalue weighted by Gasteiger charge is 2.51. The summed E-state index contributed by atoms with van der Waals surface area (Å²) < 4.78 is 18.3. The van der Waals surface area contributed by atoms with Gasteiger partial charge in [0.1, 0.15) is 40.1 Å². The van der Waals surface area contributed by atoms with Crippen LogP contribution < -0.4 is 15.6 Å². The molecule has 0 fully saturated rings. The van der Waals surface area contributed by atoms with E-state index in [1.54, 1.807) is 12.1 Å². The third-order valence-electron chi connectivity index (χ3n) is 8.16. The first-order valence-corrected chi connectivity index (χ1v) is 13.8. The van der Waals surface area contributed by atoms with Gasteiger partial charge in [0.25, 0.3) is 0 Å². The van der Waals surface area contributed by atoms with Crippen LogP contribution in [0.1, 0.15) is 51.6 Å². The van der Waals surface area contributed by atoms with Gasteiger partial charge in [-0.2, -0.15) is 0 Å². The summed E-state index contributed by atoms with van der Waals surface area (Å²) >= 11 is 0. The first-order valence-electron chi connectivity index (χ1n) is 13.8. The normalized spacial score (nSPS) is 20.7. The first kappa shape index (κ1) is 25.5. The maximum atomic E-state index is 13.5. The Kier molecular flexibility index (Phi) is 6.33. The van der Waals surface area contributed by atoms with Gasteiger partial charge in [0.15, 0.2) is 23.1 Å². The number of rotatable bonds is 6. The van der Waals surface area contributed by atoms with E-state index in [1.807, 2.05) is 60.7 Å². The Morgan fingerprint density at radius 2 is 1.29 bits per heavy atom. The van der Waals surface area contributed by atoms with E-state index >= 15 is 0 Å². The van der Waals surface area contributed by atoms with E-state index in [0.29, 0.717) is 41.9 Å².